The van der Waals surface area contributed by atoms with Gasteiger partial charge in [-0.3, -0.25) is 0 Å². The summed E-state index contributed by atoms with van der Waals surface area (Å²) in [6.07, 6.45) is 2.23. The molecule has 2 aromatic rings. The van der Waals surface area contributed by atoms with Crippen LogP contribution in [-0.4, -0.2) is 21.5 Å². The van der Waals surface area contributed by atoms with E-state index in [-0.39, 0.29) is 6.61 Å². The van der Waals surface area contributed by atoms with E-state index >= 15 is 0 Å². The van der Waals surface area contributed by atoms with Crippen LogP contribution in [0.1, 0.15) is 11.1 Å². The molecule has 0 bridgehead atoms. The van der Waals surface area contributed by atoms with Gasteiger partial charge in [-0.15, -0.1) is 0 Å². The van der Waals surface area contributed by atoms with Crippen LogP contribution >= 0.6 is 11.6 Å². The quantitative estimate of drug-likeness (QED) is 0.889. The summed E-state index contributed by atoms with van der Waals surface area (Å²) in [6.45, 7) is 2.11. The molecule has 1 N–H and O–H groups in total. The fourth-order valence-corrected chi connectivity index (χ4v) is 1.88. The number of benzene rings is 1. The van der Waals surface area contributed by atoms with Crippen LogP contribution in [0.2, 0.25) is 5.15 Å². The van der Waals surface area contributed by atoms with Crippen LogP contribution in [-0.2, 0) is 6.42 Å². The summed E-state index contributed by atoms with van der Waals surface area (Å²) in [5.41, 5.74) is 2.97. The summed E-state index contributed by atoms with van der Waals surface area (Å²) in [5.74, 6) is 0. The number of nitrogens with zero attached hydrogens (tertiary/aromatic N) is 2. The molecule has 0 saturated heterocycles. The molecule has 0 amide bonds. The van der Waals surface area contributed by atoms with E-state index in [0.717, 1.165) is 16.8 Å². The molecule has 16 heavy (non-hydrogen) atoms. The molecular weight excluding hydrogens is 224 g/mol. The molecule has 0 atom stereocenters. The van der Waals surface area contributed by atoms with E-state index in [1.165, 1.54) is 0 Å². The second-order valence-corrected chi connectivity index (χ2v) is 4.04. The van der Waals surface area contributed by atoms with Crippen LogP contribution < -0.4 is 0 Å². The van der Waals surface area contributed by atoms with Gasteiger partial charge in [0.25, 0.3) is 0 Å². The predicted molar refractivity (Wildman–Crippen MR) is 64.1 cm³/mol. The summed E-state index contributed by atoms with van der Waals surface area (Å²) in [5, 5.41) is 13.7. The molecule has 0 aliphatic carbocycles. The fraction of sp³-hybridized carbons (Fsp3) is 0.250. The third-order valence-electron chi connectivity index (χ3n) is 2.41. The van der Waals surface area contributed by atoms with Gasteiger partial charge < -0.3 is 5.11 Å². The average molecular weight is 237 g/mol. The maximum Gasteiger partial charge on any atom is 0.136 e. The third kappa shape index (κ3) is 2.10. The maximum absolute atomic E-state index is 8.87. The van der Waals surface area contributed by atoms with Gasteiger partial charge in [0.2, 0.25) is 0 Å². The zero-order valence-electron chi connectivity index (χ0n) is 9.02. The number of hydrogen-bond donors (Lipinski definition) is 1. The minimum Gasteiger partial charge on any atom is -0.396 e. The summed E-state index contributed by atoms with van der Waals surface area (Å²) >= 11 is 6.18. The Hall–Kier alpha value is -1.32. The first-order valence-corrected chi connectivity index (χ1v) is 5.50. The van der Waals surface area contributed by atoms with Crippen LogP contribution in [0.4, 0.5) is 0 Å². The summed E-state index contributed by atoms with van der Waals surface area (Å²) in [7, 11) is 0. The Bertz CT molecular complexity index is 494. The minimum absolute atomic E-state index is 0.0826. The second-order valence-electron chi connectivity index (χ2n) is 3.69. The molecule has 0 radical (unpaired) electrons. The Morgan fingerprint density at radius 3 is 2.94 bits per heavy atom. The van der Waals surface area contributed by atoms with Gasteiger partial charge in [-0.1, -0.05) is 23.7 Å². The van der Waals surface area contributed by atoms with Crippen molar-refractivity contribution in [1.82, 2.24) is 9.78 Å². The van der Waals surface area contributed by atoms with Crippen molar-refractivity contribution in [1.29, 1.82) is 0 Å². The van der Waals surface area contributed by atoms with Crippen molar-refractivity contribution in [3.8, 4) is 5.69 Å². The number of aromatic nitrogens is 2. The molecular formula is C12H13ClN2O. The fourth-order valence-electron chi connectivity index (χ4n) is 1.60. The Morgan fingerprint density at radius 1 is 1.44 bits per heavy atom. The van der Waals surface area contributed by atoms with Gasteiger partial charge >= 0.3 is 0 Å². The van der Waals surface area contributed by atoms with Gasteiger partial charge in [-0.25, -0.2) is 4.68 Å². The van der Waals surface area contributed by atoms with E-state index < -0.39 is 0 Å². The summed E-state index contributed by atoms with van der Waals surface area (Å²) < 4.78 is 1.68. The zero-order chi connectivity index (χ0) is 11.5. The highest BCUT2D eigenvalue weighted by atomic mass is 35.5. The molecule has 1 aromatic carbocycles. The van der Waals surface area contributed by atoms with Crippen molar-refractivity contribution in [2.24, 2.45) is 0 Å². The van der Waals surface area contributed by atoms with Crippen LogP contribution in [0.5, 0.6) is 0 Å². The lowest BCUT2D eigenvalue weighted by atomic mass is 10.2. The second kappa shape index (κ2) is 4.68. The molecule has 0 aliphatic rings. The molecule has 3 nitrogen and oxygen atoms in total. The molecule has 2 rings (SSSR count). The van der Waals surface area contributed by atoms with Crippen LogP contribution in [0.15, 0.2) is 30.5 Å². The van der Waals surface area contributed by atoms with Crippen LogP contribution in [0.25, 0.3) is 5.69 Å². The zero-order valence-corrected chi connectivity index (χ0v) is 9.78. The average Bonchev–Trinajstić information content (AvgIpc) is 2.61. The molecule has 4 heteroatoms. The Morgan fingerprint density at radius 2 is 2.25 bits per heavy atom. The monoisotopic (exact) mass is 236 g/mol. The van der Waals surface area contributed by atoms with Gasteiger partial charge in [0.1, 0.15) is 5.15 Å². The third-order valence-corrected chi connectivity index (χ3v) is 2.81. The summed E-state index contributed by atoms with van der Waals surface area (Å²) in [6, 6.07) is 7.96. The lowest BCUT2D eigenvalue weighted by Gasteiger charge is -2.04. The van der Waals surface area contributed by atoms with E-state index in [2.05, 4.69) is 5.10 Å². The highest BCUT2D eigenvalue weighted by molar-refractivity contribution is 6.30. The first-order valence-electron chi connectivity index (χ1n) is 5.12. The van der Waals surface area contributed by atoms with Gasteiger partial charge in [0.15, 0.2) is 0 Å². The highest BCUT2D eigenvalue weighted by Crippen LogP contribution is 2.20. The number of hydrogen-bond acceptors (Lipinski definition) is 2. The largest absolute Gasteiger partial charge is 0.396 e. The van der Waals surface area contributed by atoms with Crippen molar-refractivity contribution in [3.05, 3.63) is 46.7 Å². The maximum atomic E-state index is 8.87. The smallest absolute Gasteiger partial charge is 0.136 e. The molecule has 0 spiro atoms. The number of aliphatic hydroxyl groups excluding tert-OH is 1. The van der Waals surface area contributed by atoms with Gasteiger partial charge in [0, 0.05) is 18.6 Å². The standard InChI is InChI=1S/C12H13ClN2O/c1-9-3-2-4-11(7-9)15-12(13)10(5-6-16)8-14-15/h2-4,7-8,16H,5-6H2,1H3. The number of aliphatic hydroxyl groups is 1. The minimum atomic E-state index is 0.0826. The lowest BCUT2D eigenvalue weighted by Crippen LogP contribution is -1.97. The van der Waals surface area contributed by atoms with E-state index in [1.807, 2.05) is 31.2 Å². The highest BCUT2D eigenvalue weighted by Gasteiger charge is 2.09. The number of rotatable bonds is 3. The first kappa shape index (κ1) is 11.2. The Balaban J connectivity index is 2.41. The van der Waals surface area contributed by atoms with Crippen molar-refractivity contribution in [2.75, 3.05) is 6.61 Å². The van der Waals surface area contributed by atoms with Crippen molar-refractivity contribution in [2.45, 2.75) is 13.3 Å². The molecule has 1 aromatic heterocycles. The molecule has 0 fully saturated rings. The van der Waals surface area contributed by atoms with E-state index in [1.54, 1.807) is 10.9 Å². The number of halogens is 1. The molecule has 0 saturated carbocycles. The predicted octanol–water partition coefficient (Wildman–Crippen LogP) is 2.37. The van der Waals surface area contributed by atoms with Crippen LogP contribution in [0, 0.1) is 6.92 Å². The molecule has 84 valence electrons. The molecule has 1 heterocycles. The summed E-state index contributed by atoms with van der Waals surface area (Å²) in [4.78, 5) is 0. The normalized spacial score (nSPS) is 10.7. The van der Waals surface area contributed by atoms with E-state index in [0.29, 0.717) is 11.6 Å². The lowest BCUT2D eigenvalue weighted by molar-refractivity contribution is 0.299. The van der Waals surface area contributed by atoms with Gasteiger partial charge in [-0.2, -0.15) is 5.10 Å². The van der Waals surface area contributed by atoms with Crippen molar-refractivity contribution < 1.29 is 5.11 Å². The SMILES string of the molecule is Cc1cccc(-n2ncc(CCO)c2Cl)c1. The van der Waals surface area contributed by atoms with Crippen molar-refractivity contribution in [3.63, 3.8) is 0 Å². The number of aryl methyl sites for hydroxylation is 1. The molecule has 0 aliphatic heterocycles. The first-order chi connectivity index (χ1) is 7.72. The van der Waals surface area contributed by atoms with E-state index in [4.69, 9.17) is 16.7 Å². The van der Waals surface area contributed by atoms with Gasteiger partial charge in [0.05, 0.1) is 11.9 Å². The Kier molecular flexibility index (Phi) is 3.27. The van der Waals surface area contributed by atoms with Gasteiger partial charge in [-0.05, 0) is 24.6 Å². The topological polar surface area (TPSA) is 38.0 Å². The molecule has 0 unspecified atom stereocenters. The van der Waals surface area contributed by atoms with Crippen LogP contribution in [0.3, 0.4) is 0 Å². The van der Waals surface area contributed by atoms with E-state index in [9.17, 15) is 0 Å². The van der Waals surface area contributed by atoms with Crippen molar-refractivity contribution >= 4 is 11.6 Å². The Labute approximate surface area is 99.3 Å².